The predicted octanol–water partition coefficient (Wildman–Crippen LogP) is 2.06. The van der Waals surface area contributed by atoms with E-state index in [0.29, 0.717) is 10.8 Å². The Morgan fingerprint density at radius 3 is 2.52 bits per heavy atom. The number of aromatic nitrogens is 1. The number of para-hydroxylation sites is 2. The number of amides is 2. The Labute approximate surface area is 139 Å². The Morgan fingerprint density at radius 1 is 1.13 bits per heavy atom. The Bertz CT molecular complexity index is 701. The summed E-state index contributed by atoms with van der Waals surface area (Å²) in [5.74, 6) is -1.44. The summed E-state index contributed by atoms with van der Waals surface area (Å²) in [5.41, 5.74) is 2.14. The van der Waals surface area contributed by atoms with Crippen molar-refractivity contribution in [2.75, 3.05) is 24.3 Å². The van der Waals surface area contributed by atoms with Gasteiger partial charge in [-0.15, -0.1) is 0 Å². The SMILES string of the molecule is CN(C)c1ccccc1NC(=O)C(=O)NCc1ccc(Cl)nc1. The number of carbonyl (C=O) groups is 2. The molecule has 0 spiro atoms. The van der Waals surface area contributed by atoms with Crippen molar-refractivity contribution >= 4 is 34.8 Å². The van der Waals surface area contributed by atoms with Crippen molar-refractivity contribution in [1.29, 1.82) is 0 Å². The van der Waals surface area contributed by atoms with Gasteiger partial charge in [0.1, 0.15) is 5.15 Å². The molecule has 2 rings (SSSR count). The van der Waals surface area contributed by atoms with Crippen LogP contribution >= 0.6 is 11.6 Å². The summed E-state index contributed by atoms with van der Waals surface area (Å²) in [4.78, 5) is 29.6. The zero-order valence-electron chi connectivity index (χ0n) is 12.8. The maximum Gasteiger partial charge on any atom is 0.313 e. The largest absolute Gasteiger partial charge is 0.376 e. The first kappa shape index (κ1) is 16.8. The van der Waals surface area contributed by atoms with Crippen LogP contribution in [0.4, 0.5) is 11.4 Å². The van der Waals surface area contributed by atoms with E-state index in [1.807, 2.05) is 31.1 Å². The highest BCUT2D eigenvalue weighted by Crippen LogP contribution is 2.23. The van der Waals surface area contributed by atoms with Crippen LogP contribution < -0.4 is 15.5 Å². The maximum atomic E-state index is 12.0. The zero-order valence-corrected chi connectivity index (χ0v) is 13.6. The molecule has 120 valence electrons. The van der Waals surface area contributed by atoms with Crippen LogP contribution in [0.3, 0.4) is 0 Å². The topological polar surface area (TPSA) is 74.3 Å². The van der Waals surface area contributed by atoms with E-state index in [0.717, 1.165) is 11.3 Å². The fraction of sp³-hybridized carbons (Fsp3) is 0.188. The molecular formula is C16H17ClN4O2. The van der Waals surface area contributed by atoms with Crippen LogP contribution in [0.25, 0.3) is 0 Å². The molecule has 0 saturated heterocycles. The molecule has 1 heterocycles. The Morgan fingerprint density at radius 2 is 1.87 bits per heavy atom. The number of halogens is 1. The molecule has 0 fully saturated rings. The Balaban J connectivity index is 1.95. The van der Waals surface area contributed by atoms with Crippen LogP contribution in [0.1, 0.15) is 5.56 Å². The van der Waals surface area contributed by atoms with Gasteiger partial charge in [0.05, 0.1) is 11.4 Å². The Hall–Kier alpha value is -2.60. The molecule has 0 radical (unpaired) electrons. The van der Waals surface area contributed by atoms with Crippen molar-refractivity contribution in [1.82, 2.24) is 10.3 Å². The molecule has 7 heteroatoms. The second-order valence-electron chi connectivity index (χ2n) is 5.04. The molecule has 2 aromatic rings. The van der Waals surface area contributed by atoms with Crippen LogP contribution in [0, 0.1) is 0 Å². The van der Waals surface area contributed by atoms with Gasteiger partial charge in [-0.3, -0.25) is 9.59 Å². The number of carbonyl (C=O) groups excluding carboxylic acids is 2. The minimum atomic E-state index is -0.721. The molecule has 0 atom stereocenters. The average molecular weight is 333 g/mol. The molecule has 0 aliphatic heterocycles. The third kappa shape index (κ3) is 4.69. The molecule has 1 aromatic heterocycles. The second kappa shape index (κ2) is 7.60. The number of nitrogens with zero attached hydrogens (tertiary/aromatic N) is 2. The van der Waals surface area contributed by atoms with Crippen molar-refractivity contribution in [3.05, 3.63) is 53.3 Å². The molecule has 0 aliphatic rings. The smallest absolute Gasteiger partial charge is 0.313 e. The number of rotatable bonds is 4. The lowest BCUT2D eigenvalue weighted by Crippen LogP contribution is -2.35. The molecule has 6 nitrogen and oxygen atoms in total. The molecular weight excluding hydrogens is 316 g/mol. The van der Waals surface area contributed by atoms with Gasteiger partial charge in [-0.05, 0) is 23.8 Å². The molecule has 2 amide bonds. The van der Waals surface area contributed by atoms with Gasteiger partial charge in [-0.2, -0.15) is 0 Å². The van der Waals surface area contributed by atoms with Crippen molar-refractivity contribution in [3.63, 3.8) is 0 Å². The summed E-state index contributed by atoms with van der Waals surface area (Å²) in [5, 5.41) is 5.52. The number of hydrogen-bond donors (Lipinski definition) is 2. The predicted molar refractivity (Wildman–Crippen MR) is 90.5 cm³/mol. The summed E-state index contributed by atoms with van der Waals surface area (Å²) in [6.45, 7) is 0.200. The van der Waals surface area contributed by atoms with Gasteiger partial charge < -0.3 is 15.5 Å². The van der Waals surface area contributed by atoms with Gasteiger partial charge in [-0.1, -0.05) is 29.8 Å². The molecule has 1 aromatic carbocycles. The fourth-order valence-corrected chi connectivity index (χ4v) is 2.03. The van der Waals surface area contributed by atoms with Gasteiger partial charge in [0, 0.05) is 26.8 Å². The van der Waals surface area contributed by atoms with Gasteiger partial charge in [0.25, 0.3) is 0 Å². The quantitative estimate of drug-likeness (QED) is 0.664. The van der Waals surface area contributed by atoms with Crippen LogP contribution in [0.15, 0.2) is 42.6 Å². The number of anilines is 2. The van der Waals surface area contributed by atoms with E-state index in [4.69, 9.17) is 11.6 Å². The number of hydrogen-bond acceptors (Lipinski definition) is 4. The second-order valence-corrected chi connectivity index (χ2v) is 5.42. The standard InChI is InChI=1S/C16H17ClN4O2/c1-21(2)13-6-4-3-5-12(13)20-16(23)15(22)19-10-11-7-8-14(17)18-9-11/h3-9H,10H2,1-2H3,(H,19,22)(H,20,23). The van der Waals surface area contributed by atoms with E-state index in [1.165, 1.54) is 0 Å². The van der Waals surface area contributed by atoms with Crippen molar-refractivity contribution in [2.45, 2.75) is 6.54 Å². The molecule has 23 heavy (non-hydrogen) atoms. The number of benzene rings is 1. The lowest BCUT2D eigenvalue weighted by molar-refractivity contribution is -0.136. The van der Waals surface area contributed by atoms with E-state index < -0.39 is 11.8 Å². The summed E-state index contributed by atoms with van der Waals surface area (Å²) >= 11 is 5.69. The lowest BCUT2D eigenvalue weighted by atomic mass is 10.2. The summed E-state index contributed by atoms with van der Waals surface area (Å²) in [6.07, 6.45) is 1.54. The van der Waals surface area contributed by atoms with Crippen LogP contribution in [-0.2, 0) is 16.1 Å². The van der Waals surface area contributed by atoms with Gasteiger partial charge in [0.2, 0.25) is 0 Å². The molecule has 0 bridgehead atoms. The van der Waals surface area contributed by atoms with Gasteiger partial charge >= 0.3 is 11.8 Å². The van der Waals surface area contributed by atoms with E-state index in [9.17, 15) is 9.59 Å². The van der Waals surface area contributed by atoms with E-state index in [2.05, 4.69) is 15.6 Å². The highest BCUT2D eigenvalue weighted by Gasteiger charge is 2.15. The first-order valence-electron chi connectivity index (χ1n) is 6.93. The summed E-state index contributed by atoms with van der Waals surface area (Å²) in [6, 6.07) is 10.6. The van der Waals surface area contributed by atoms with Crippen molar-refractivity contribution < 1.29 is 9.59 Å². The highest BCUT2D eigenvalue weighted by atomic mass is 35.5. The normalized spacial score (nSPS) is 10.0. The molecule has 0 aliphatic carbocycles. The zero-order chi connectivity index (χ0) is 16.8. The minimum Gasteiger partial charge on any atom is -0.376 e. The van der Waals surface area contributed by atoms with Crippen LogP contribution in [-0.4, -0.2) is 30.9 Å². The third-order valence-corrected chi connectivity index (χ3v) is 3.31. The first-order chi connectivity index (χ1) is 11.0. The summed E-state index contributed by atoms with van der Waals surface area (Å²) < 4.78 is 0. The number of pyridine rings is 1. The van der Waals surface area contributed by atoms with Gasteiger partial charge in [0.15, 0.2) is 0 Å². The van der Waals surface area contributed by atoms with E-state index >= 15 is 0 Å². The van der Waals surface area contributed by atoms with E-state index in [1.54, 1.807) is 30.5 Å². The molecule has 0 saturated carbocycles. The first-order valence-corrected chi connectivity index (χ1v) is 7.31. The van der Waals surface area contributed by atoms with Crippen LogP contribution in [0.5, 0.6) is 0 Å². The van der Waals surface area contributed by atoms with Crippen LogP contribution in [0.2, 0.25) is 5.15 Å². The van der Waals surface area contributed by atoms with Crippen molar-refractivity contribution in [2.24, 2.45) is 0 Å². The molecule has 0 unspecified atom stereocenters. The Kier molecular flexibility index (Phi) is 5.54. The monoisotopic (exact) mass is 332 g/mol. The third-order valence-electron chi connectivity index (χ3n) is 3.08. The van der Waals surface area contributed by atoms with Gasteiger partial charge in [-0.25, -0.2) is 4.98 Å². The summed E-state index contributed by atoms with van der Waals surface area (Å²) in [7, 11) is 3.72. The fourth-order valence-electron chi connectivity index (χ4n) is 1.92. The molecule has 2 N–H and O–H groups in total. The van der Waals surface area contributed by atoms with E-state index in [-0.39, 0.29) is 6.54 Å². The average Bonchev–Trinajstić information content (AvgIpc) is 2.54. The number of nitrogens with one attached hydrogen (secondary N) is 2. The highest BCUT2D eigenvalue weighted by molar-refractivity contribution is 6.39. The lowest BCUT2D eigenvalue weighted by Gasteiger charge is -2.17. The maximum absolute atomic E-state index is 12.0. The minimum absolute atomic E-state index is 0.200. The van der Waals surface area contributed by atoms with Crippen molar-refractivity contribution in [3.8, 4) is 0 Å².